The third-order valence-electron chi connectivity index (χ3n) is 3.73. The van der Waals surface area contributed by atoms with Gasteiger partial charge in [-0.15, -0.1) is 11.3 Å². The molecule has 0 aliphatic rings. The Hall–Kier alpha value is -2.53. The van der Waals surface area contributed by atoms with Gasteiger partial charge in [0.15, 0.2) is 0 Å². The smallest absolute Gasteiger partial charge is 0.220 e. The van der Waals surface area contributed by atoms with Gasteiger partial charge in [-0.05, 0) is 31.0 Å². The van der Waals surface area contributed by atoms with Crippen LogP contribution < -0.4 is 5.32 Å². The number of hydrogen-bond acceptors (Lipinski definition) is 4. The van der Waals surface area contributed by atoms with Crippen LogP contribution in [-0.4, -0.2) is 15.9 Å². The van der Waals surface area contributed by atoms with Gasteiger partial charge in [0, 0.05) is 29.8 Å². The summed E-state index contributed by atoms with van der Waals surface area (Å²) in [6.07, 6.45) is 4.74. The van der Waals surface area contributed by atoms with E-state index in [0.717, 1.165) is 22.7 Å². The monoisotopic (exact) mass is 337 g/mol. The van der Waals surface area contributed by atoms with Crippen LogP contribution in [0.1, 0.15) is 30.0 Å². The number of benzene rings is 1. The summed E-state index contributed by atoms with van der Waals surface area (Å²) in [4.78, 5) is 20.8. The molecule has 1 N–H and O–H groups in total. The summed E-state index contributed by atoms with van der Waals surface area (Å²) in [5.74, 6) is 0.0482. The van der Waals surface area contributed by atoms with E-state index in [1.165, 1.54) is 5.56 Å². The van der Waals surface area contributed by atoms with Gasteiger partial charge in [0.1, 0.15) is 5.01 Å². The number of aryl methyl sites for hydroxylation is 1. The van der Waals surface area contributed by atoms with Gasteiger partial charge in [-0.25, -0.2) is 4.98 Å². The van der Waals surface area contributed by atoms with E-state index in [9.17, 15) is 4.79 Å². The van der Waals surface area contributed by atoms with Crippen molar-refractivity contribution in [1.29, 1.82) is 0 Å². The van der Waals surface area contributed by atoms with E-state index in [0.29, 0.717) is 6.42 Å². The molecular formula is C19H19N3OS. The van der Waals surface area contributed by atoms with Gasteiger partial charge < -0.3 is 5.32 Å². The molecule has 5 heteroatoms. The molecule has 1 aromatic carbocycles. The Kier molecular flexibility index (Phi) is 5.33. The zero-order chi connectivity index (χ0) is 16.8. The summed E-state index contributed by atoms with van der Waals surface area (Å²) in [6, 6.07) is 13.8. The molecule has 0 saturated heterocycles. The average Bonchev–Trinajstić information content (AvgIpc) is 3.12. The molecule has 2 aromatic heterocycles. The lowest BCUT2D eigenvalue weighted by Gasteiger charge is -2.11. The summed E-state index contributed by atoms with van der Waals surface area (Å²) >= 11 is 1.56. The molecule has 0 saturated carbocycles. The molecule has 0 aliphatic carbocycles. The van der Waals surface area contributed by atoms with Gasteiger partial charge in [0.05, 0.1) is 11.7 Å². The molecule has 1 unspecified atom stereocenters. The molecule has 0 bridgehead atoms. The molecule has 1 atom stereocenters. The molecular weight excluding hydrogens is 318 g/mol. The maximum absolute atomic E-state index is 12.1. The van der Waals surface area contributed by atoms with Gasteiger partial charge in [-0.1, -0.05) is 30.3 Å². The minimum atomic E-state index is -0.0890. The highest BCUT2D eigenvalue weighted by molar-refractivity contribution is 7.10. The predicted octanol–water partition coefficient (Wildman–Crippen LogP) is 4.02. The van der Waals surface area contributed by atoms with Crippen molar-refractivity contribution >= 4 is 17.2 Å². The van der Waals surface area contributed by atoms with Crippen molar-refractivity contribution < 1.29 is 4.79 Å². The lowest BCUT2D eigenvalue weighted by Crippen LogP contribution is -2.26. The third kappa shape index (κ3) is 4.26. The average molecular weight is 337 g/mol. The number of nitrogens with zero attached hydrogens (tertiary/aromatic N) is 2. The fourth-order valence-corrected chi connectivity index (χ4v) is 3.25. The first-order valence-corrected chi connectivity index (χ1v) is 8.79. The Morgan fingerprint density at radius 1 is 1.17 bits per heavy atom. The van der Waals surface area contributed by atoms with E-state index in [1.54, 1.807) is 23.7 Å². The largest absolute Gasteiger partial charge is 0.347 e. The van der Waals surface area contributed by atoms with Crippen LogP contribution in [0.3, 0.4) is 0 Å². The molecule has 122 valence electrons. The first kappa shape index (κ1) is 16.3. The number of carbonyl (C=O) groups excluding carboxylic acids is 1. The summed E-state index contributed by atoms with van der Waals surface area (Å²) in [5, 5.41) is 5.95. The first-order chi connectivity index (χ1) is 11.7. The first-order valence-electron chi connectivity index (χ1n) is 7.91. The fraction of sp³-hybridized carbons (Fsp3) is 0.211. The second kappa shape index (κ2) is 7.84. The highest BCUT2D eigenvalue weighted by Gasteiger charge is 2.14. The van der Waals surface area contributed by atoms with E-state index >= 15 is 0 Å². The lowest BCUT2D eigenvalue weighted by molar-refractivity contribution is -0.121. The van der Waals surface area contributed by atoms with Gasteiger partial charge in [-0.3, -0.25) is 9.78 Å². The highest BCUT2D eigenvalue weighted by Crippen LogP contribution is 2.25. The van der Waals surface area contributed by atoms with Gasteiger partial charge in [0.25, 0.3) is 0 Å². The predicted molar refractivity (Wildman–Crippen MR) is 96.7 cm³/mol. The van der Waals surface area contributed by atoms with Crippen LogP contribution in [0.25, 0.3) is 11.3 Å². The van der Waals surface area contributed by atoms with Crippen LogP contribution >= 0.6 is 11.3 Å². The second-order valence-electron chi connectivity index (χ2n) is 5.58. The molecule has 3 rings (SSSR count). The Bertz CT molecular complexity index is 787. The van der Waals surface area contributed by atoms with Gasteiger partial charge in [0.2, 0.25) is 5.91 Å². The summed E-state index contributed by atoms with van der Waals surface area (Å²) in [5.41, 5.74) is 3.13. The minimum Gasteiger partial charge on any atom is -0.347 e. The summed E-state index contributed by atoms with van der Waals surface area (Å²) in [7, 11) is 0. The second-order valence-corrected chi connectivity index (χ2v) is 6.47. The van der Waals surface area contributed by atoms with Gasteiger partial charge in [-0.2, -0.15) is 0 Å². The van der Waals surface area contributed by atoms with Crippen LogP contribution in [0, 0.1) is 0 Å². The Labute approximate surface area is 145 Å². The molecule has 0 radical (unpaired) electrons. The molecule has 2 heterocycles. The summed E-state index contributed by atoms with van der Waals surface area (Å²) in [6.45, 7) is 1.97. The van der Waals surface area contributed by atoms with Crippen molar-refractivity contribution in [3.05, 3.63) is 70.8 Å². The van der Waals surface area contributed by atoms with Gasteiger partial charge >= 0.3 is 0 Å². The Morgan fingerprint density at radius 2 is 1.92 bits per heavy atom. The van der Waals surface area contributed by atoms with Crippen molar-refractivity contribution in [3.63, 3.8) is 0 Å². The zero-order valence-corrected chi connectivity index (χ0v) is 14.3. The van der Waals surface area contributed by atoms with Crippen molar-refractivity contribution in [2.75, 3.05) is 0 Å². The quantitative estimate of drug-likeness (QED) is 0.739. The van der Waals surface area contributed by atoms with Crippen LogP contribution in [0.2, 0.25) is 0 Å². The summed E-state index contributed by atoms with van der Waals surface area (Å²) < 4.78 is 0. The van der Waals surface area contributed by atoms with Crippen molar-refractivity contribution in [2.45, 2.75) is 25.8 Å². The molecule has 0 fully saturated rings. The normalized spacial score (nSPS) is 11.9. The molecule has 0 spiro atoms. The number of aromatic nitrogens is 2. The minimum absolute atomic E-state index is 0.0482. The number of amides is 1. The topological polar surface area (TPSA) is 54.9 Å². The highest BCUT2D eigenvalue weighted by atomic mass is 32.1. The van der Waals surface area contributed by atoms with Crippen LogP contribution in [0.15, 0.2) is 60.2 Å². The number of rotatable bonds is 6. The number of thiazole rings is 1. The SMILES string of the molecule is CC(NC(=O)CCc1ccccc1)c1nc(-c2ccncc2)cs1. The van der Waals surface area contributed by atoms with Crippen molar-refractivity contribution in [3.8, 4) is 11.3 Å². The van der Waals surface area contributed by atoms with E-state index in [1.807, 2.05) is 54.8 Å². The van der Waals surface area contributed by atoms with E-state index in [4.69, 9.17) is 0 Å². The number of pyridine rings is 1. The lowest BCUT2D eigenvalue weighted by atomic mass is 10.1. The van der Waals surface area contributed by atoms with Crippen LogP contribution in [0.4, 0.5) is 0 Å². The maximum atomic E-state index is 12.1. The fourth-order valence-electron chi connectivity index (χ4n) is 2.42. The van der Waals surface area contributed by atoms with Crippen molar-refractivity contribution in [1.82, 2.24) is 15.3 Å². The van der Waals surface area contributed by atoms with Crippen LogP contribution in [0.5, 0.6) is 0 Å². The zero-order valence-electron chi connectivity index (χ0n) is 13.5. The molecule has 24 heavy (non-hydrogen) atoms. The Balaban J connectivity index is 1.56. The molecule has 4 nitrogen and oxygen atoms in total. The molecule has 3 aromatic rings. The number of carbonyl (C=O) groups is 1. The molecule has 1 amide bonds. The van der Waals surface area contributed by atoms with E-state index in [2.05, 4.69) is 15.3 Å². The maximum Gasteiger partial charge on any atom is 0.220 e. The Morgan fingerprint density at radius 3 is 2.67 bits per heavy atom. The van der Waals surface area contributed by atoms with Crippen LogP contribution in [-0.2, 0) is 11.2 Å². The van der Waals surface area contributed by atoms with E-state index < -0.39 is 0 Å². The van der Waals surface area contributed by atoms with E-state index in [-0.39, 0.29) is 11.9 Å². The van der Waals surface area contributed by atoms with Crippen molar-refractivity contribution in [2.24, 2.45) is 0 Å². The third-order valence-corrected chi connectivity index (χ3v) is 4.76. The number of nitrogens with one attached hydrogen (secondary N) is 1. The standard InChI is InChI=1S/C19H19N3OS/c1-14(21-18(23)8-7-15-5-3-2-4-6-15)19-22-17(13-24-19)16-9-11-20-12-10-16/h2-6,9-14H,7-8H2,1H3,(H,21,23). The molecule has 0 aliphatic heterocycles. The number of hydrogen-bond donors (Lipinski definition) is 1.